The van der Waals surface area contributed by atoms with E-state index in [9.17, 15) is 9.59 Å². The fourth-order valence-corrected chi connectivity index (χ4v) is 4.52. The van der Waals surface area contributed by atoms with Gasteiger partial charge < -0.3 is 20.1 Å². The molecule has 0 aliphatic carbocycles. The van der Waals surface area contributed by atoms with Crippen molar-refractivity contribution in [2.24, 2.45) is 5.92 Å². The Morgan fingerprint density at radius 2 is 1.97 bits per heavy atom. The number of hydrogen-bond donors (Lipinski definition) is 2. The number of amides is 3. The topological polar surface area (TPSA) is 92.8 Å². The lowest BCUT2D eigenvalue weighted by molar-refractivity contribution is -0.134. The lowest BCUT2D eigenvalue weighted by atomic mass is 9.74. The number of fused-ring (bicyclic) bond motifs is 1. The zero-order chi connectivity index (χ0) is 19.8. The molecule has 3 aliphatic rings. The molecule has 2 N–H and O–H groups in total. The number of urea groups is 1. The van der Waals surface area contributed by atoms with E-state index >= 15 is 0 Å². The molecule has 2 fully saturated rings. The molecule has 3 amide bonds. The van der Waals surface area contributed by atoms with E-state index in [4.69, 9.17) is 9.47 Å². The molecule has 8 heteroatoms. The molecule has 1 unspecified atom stereocenters. The van der Waals surface area contributed by atoms with E-state index in [1.54, 1.807) is 24.5 Å². The molecule has 0 saturated carbocycles. The van der Waals surface area contributed by atoms with Crippen LogP contribution in [0.15, 0.2) is 42.7 Å². The molecule has 0 radical (unpaired) electrons. The average Bonchev–Trinajstić information content (AvgIpc) is 3.33. The van der Waals surface area contributed by atoms with E-state index in [1.165, 1.54) is 4.90 Å². The summed E-state index contributed by atoms with van der Waals surface area (Å²) in [6.07, 6.45) is 4.97. The number of hydrogen-bond acceptors (Lipinski definition) is 6. The summed E-state index contributed by atoms with van der Waals surface area (Å²) in [5.41, 5.74) is 0.465. The van der Waals surface area contributed by atoms with Gasteiger partial charge in [-0.1, -0.05) is 12.1 Å². The summed E-state index contributed by atoms with van der Waals surface area (Å²) >= 11 is 0. The molecule has 0 bridgehead atoms. The van der Waals surface area contributed by atoms with Gasteiger partial charge in [0, 0.05) is 18.0 Å². The Kier molecular flexibility index (Phi) is 4.35. The number of pyridine rings is 1. The fourth-order valence-electron chi connectivity index (χ4n) is 4.52. The highest BCUT2D eigenvalue weighted by Crippen LogP contribution is 2.41. The minimum absolute atomic E-state index is 0.00570. The predicted molar refractivity (Wildman–Crippen MR) is 103 cm³/mol. The van der Waals surface area contributed by atoms with Gasteiger partial charge in [0.2, 0.25) is 6.79 Å². The van der Waals surface area contributed by atoms with E-state index in [2.05, 4.69) is 15.6 Å². The summed E-state index contributed by atoms with van der Waals surface area (Å²) in [7, 11) is 0. The number of rotatable bonds is 4. The van der Waals surface area contributed by atoms with Crippen LogP contribution in [0.4, 0.5) is 4.79 Å². The van der Waals surface area contributed by atoms with Crippen molar-refractivity contribution in [1.29, 1.82) is 0 Å². The first-order valence-electron chi connectivity index (χ1n) is 9.82. The first-order chi connectivity index (χ1) is 14.2. The SMILES string of the molecule is O=C1NC(c2cccnc2)(C2CCNCC2)C(=O)N1Cc1ccc2c(c1)OCO2. The molecule has 8 nitrogen and oxygen atoms in total. The van der Waals surface area contributed by atoms with Crippen molar-refractivity contribution in [3.05, 3.63) is 53.9 Å². The summed E-state index contributed by atoms with van der Waals surface area (Å²) in [5, 5.41) is 6.37. The van der Waals surface area contributed by atoms with Crippen LogP contribution in [0.1, 0.15) is 24.0 Å². The quantitative estimate of drug-likeness (QED) is 0.768. The summed E-state index contributed by atoms with van der Waals surface area (Å²) in [5.74, 6) is 1.09. The smallest absolute Gasteiger partial charge is 0.325 e. The Bertz CT molecular complexity index is 945. The molecule has 3 aliphatic heterocycles. The van der Waals surface area contributed by atoms with Gasteiger partial charge in [0.15, 0.2) is 17.0 Å². The maximum atomic E-state index is 13.7. The number of aromatic nitrogens is 1. The second kappa shape index (κ2) is 7.04. The zero-order valence-electron chi connectivity index (χ0n) is 15.9. The summed E-state index contributed by atoms with van der Waals surface area (Å²) in [6.45, 7) is 1.99. The van der Waals surface area contributed by atoms with E-state index in [0.717, 1.165) is 37.1 Å². The van der Waals surface area contributed by atoms with Crippen molar-refractivity contribution in [2.75, 3.05) is 19.9 Å². The Morgan fingerprint density at radius 1 is 1.14 bits per heavy atom. The highest BCUT2D eigenvalue weighted by molar-refractivity contribution is 6.07. The normalized spacial score (nSPS) is 24.1. The molecule has 2 saturated heterocycles. The van der Waals surface area contributed by atoms with E-state index in [-0.39, 0.29) is 31.2 Å². The first kappa shape index (κ1) is 17.9. The monoisotopic (exact) mass is 394 g/mol. The number of ether oxygens (including phenoxy) is 2. The van der Waals surface area contributed by atoms with Crippen molar-refractivity contribution in [3.63, 3.8) is 0 Å². The number of imide groups is 1. The van der Waals surface area contributed by atoms with Gasteiger partial charge in [0.05, 0.1) is 6.54 Å². The van der Waals surface area contributed by atoms with Gasteiger partial charge >= 0.3 is 6.03 Å². The van der Waals surface area contributed by atoms with Crippen LogP contribution in [0.5, 0.6) is 11.5 Å². The van der Waals surface area contributed by atoms with Crippen LogP contribution in [0.25, 0.3) is 0 Å². The van der Waals surface area contributed by atoms with Gasteiger partial charge in [0.25, 0.3) is 5.91 Å². The summed E-state index contributed by atoms with van der Waals surface area (Å²) in [6, 6.07) is 8.77. The van der Waals surface area contributed by atoms with Crippen LogP contribution < -0.4 is 20.1 Å². The second-order valence-electron chi connectivity index (χ2n) is 7.58. The number of piperidine rings is 1. The number of nitrogens with one attached hydrogen (secondary N) is 2. The highest BCUT2D eigenvalue weighted by Gasteiger charge is 2.56. The molecular weight excluding hydrogens is 372 g/mol. The average molecular weight is 394 g/mol. The van der Waals surface area contributed by atoms with Gasteiger partial charge in [-0.2, -0.15) is 0 Å². The zero-order valence-corrected chi connectivity index (χ0v) is 15.9. The van der Waals surface area contributed by atoms with E-state index in [0.29, 0.717) is 11.5 Å². The third-order valence-corrected chi connectivity index (χ3v) is 5.98. The molecule has 1 aromatic heterocycles. The van der Waals surface area contributed by atoms with Crippen LogP contribution in [0.2, 0.25) is 0 Å². The van der Waals surface area contributed by atoms with E-state index < -0.39 is 5.54 Å². The van der Waals surface area contributed by atoms with Crippen LogP contribution in [-0.2, 0) is 16.9 Å². The molecule has 29 heavy (non-hydrogen) atoms. The molecule has 2 aromatic rings. The van der Waals surface area contributed by atoms with E-state index in [1.807, 2.05) is 18.2 Å². The fraction of sp³-hybridized carbons (Fsp3) is 0.381. The number of nitrogens with zero attached hydrogens (tertiary/aromatic N) is 2. The largest absolute Gasteiger partial charge is 0.454 e. The maximum Gasteiger partial charge on any atom is 0.325 e. The molecule has 150 valence electrons. The van der Waals surface area contributed by atoms with Crippen LogP contribution >= 0.6 is 0 Å². The number of benzene rings is 1. The lowest BCUT2D eigenvalue weighted by Crippen LogP contribution is -2.53. The van der Waals surface area contributed by atoms with Gasteiger partial charge in [-0.15, -0.1) is 0 Å². The maximum absolute atomic E-state index is 13.7. The molecule has 1 atom stereocenters. The molecule has 1 aromatic carbocycles. The number of carbonyl (C=O) groups is 2. The first-order valence-corrected chi connectivity index (χ1v) is 9.82. The standard InChI is InChI=1S/C21H22N4O4/c26-19-21(15-5-8-22-9-6-15,16-2-1-7-23-11-16)24-20(27)25(19)12-14-3-4-17-18(10-14)29-13-28-17/h1-4,7,10-11,15,22H,5-6,8-9,12-13H2,(H,24,27). The molecule has 0 spiro atoms. The molecule has 5 rings (SSSR count). The van der Waals surface area contributed by atoms with Crippen LogP contribution in [0.3, 0.4) is 0 Å². The van der Waals surface area contributed by atoms with Crippen LogP contribution in [-0.4, -0.2) is 41.7 Å². The lowest BCUT2D eigenvalue weighted by Gasteiger charge is -2.37. The predicted octanol–water partition coefficient (Wildman–Crippen LogP) is 1.76. The van der Waals surface area contributed by atoms with Crippen molar-refractivity contribution >= 4 is 11.9 Å². The highest BCUT2D eigenvalue weighted by atomic mass is 16.7. The van der Waals surface area contributed by atoms with Gasteiger partial charge in [0.1, 0.15) is 0 Å². The van der Waals surface area contributed by atoms with Gasteiger partial charge in [-0.3, -0.25) is 14.7 Å². The summed E-state index contributed by atoms with van der Waals surface area (Å²) < 4.78 is 10.8. The minimum atomic E-state index is -1.08. The van der Waals surface area contributed by atoms with Crippen molar-refractivity contribution < 1.29 is 19.1 Å². The Labute approximate surface area is 168 Å². The second-order valence-corrected chi connectivity index (χ2v) is 7.58. The van der Waals surface area contributed by atoms with Gasteiger partial charge in [-0.25, -0.2) is 4.79 Å². The Balaban J connectivity index is 1.49. The third-order valence-electron chi connectivity index (χ3n) is 5.98. The Morgan fingerprint density at radius 3 is 2.76 bits per heavy atom. The molecular formula is C21H22N4O4. The van der Waals surface area contributed by atoms with Crippen molar-refractivity contribution in [3.8, 4) is 11.5 Å². The molecule has 4 heterocycles. The summed E-state index contributed by atoms with van der Waals surface area (Å²) in [4.78, 5) is 32.2. The van der Waals surface area contributed by atoms with Crippen molar-refractivity contribution in [1.82, 2.24) is 20.5 Å². The third kappa shape index (κ3) is 2.91. The number of carbonyl (C=O) groups excluding carboxylic acids is 2. The van der Waals surface area contributed by atoms with Gasteiger partial charge in [-0.05, 0) is 55.6 Å². The van der Waals surface area contributed by atoms with Crippen molar-refractivity contribution in [2.45, 2.75) is 24.9 Å². The Hall–Kier alpha value is -3.13. The minimum Gasteiger partial charge on any atom is -0.454 e. The van der Waals surface area contributed by atoms with Crippen LogP contribution in [0, 0.1) is 5.92 Å².